The van der Waals surface area contributed by atoms with Crippen molar-refractivity contribution in [2.75, 3.05) is 6.54 Å². The summed E-state index contributed by atoms with van der Waals surface area (Å²) in [6.07, 6.45) is 0. The second-order valence-corrected chi connectivity index (χ2v) is 8.21. The van der Waals surface area contributed by atoms with E-state index in [1.807, 2.05) is 54.6 Å². The molecule has 0 aliphatic carbocycles. The molecule has 4 nitrogen and oxygen atoms in total. The average Bonchev–Trinajstić information content (AvgIpc) is 3.51. The molecule has 5 heteroatoms. The highest BCUT2D eigenvalue weighted by Crippen LogP contribution is 2.41. The molecule has 0 bridgehead atoms. The summed E-state index contributed by atoms with van der Waals surface area (Å²) in [5.74, 6) is -0.460. The molecule has 3 aromatic rings. The zero-order valence-electron chi connectivity index (χ0n) is 14.1. The van der Waals surface area contributed by atoms with Crippen LogP contribution in [-0.2, 0) is 9.92 Å². The van der Waals surface area contributed by atoms with Crippen LogP contribution in [0.15, 0.2) is 100 Å². The monoisotopic (exact) mass is 362 g/mol. The van der Waals surface area contributed by atoms with Crippen LogP contribution in [-0.4, -0.2) is 21.0 Å². The van der Waals surface area contributed by atoms with E-state index in [1.165, 1.54) is 0 Å². The summed E-state index contributed by atoms with van der Waals surface area (Å²) < 4.78 is 19.9. The Bertz CT molecular complexity index is 1030. The van der Waals surface area contributed by atoms with E-state index in [0.717, 1.165) is 5.56 Å². The third-order valence-electron chi connectivity index (χ3n) is 4.35. The minimum absolute atomic E-state index is 0.0104. The molecule has 1 heterocycles. The van der Waals surface area contributed by atoms with Crippen molar-refractivity contribution in [2.24, 2.45) is 4.36 Å². The molecular formula is C21H18N2O2S. The summed E-state index contributed by atoms with van der Waals surface area (Å²) in [5, 5.41) is 0. The smallest absolute Gasteiger partial charge is 0.266 e. The third-order valence-corrected chi connectivity index (χ3v) is 6.69. The van der Waals surface area contributed by atoms with Gasteiger partial charge in [-0.2, -0.15) is 0 Å². The molecule has 2 unspecified atom stereocenters. The van der Waals surface area contributed by atoms with Crippen molar-refractivity contribution in [2.45, 2.75) is 10.9 Å². The average molecular weight is 362 g/mol. The van der Waals surface area contributed by atoms with Gasteiger partial charge in [-0.05, 0) is 29.8 Å². The Hall–Kier alpha value is -2.76. The molecule has 3 atom stereocenters. The maximum Gasteiger partial charge on any atom is 0.286 e. The molecule has 1 aliphatic heterocycles. The van der Waals surface area contributed by atoms with Crippen LogP contribution in [0, 0.1) is 0 Å². The Morgan fingerprint density at radius 3 is 2.00 bits per heavy atom. The largest absolute Gasteiger partial charge is 0.286 e. The van der Waals surface area contributed by atoms with Crippen LogP contribution >= 0.6 is 0 Å². The van der Waals surface area contributed by atoms with Gasteiger partial charge in [0.05, 0.1) is 10.9 Å². The van der Waals surface area contributed by atoms with E-state index in [4.69, 9.17) is 0 Å². The van der Waals surface area contributed by atoms with Crippen LogP contribution in [0.25, 0.3) is 0 Å². The van der Waals surface area contributed by atoms with Crippen molar-refractivity contribution in [1.82, 2.24) is 4.31 Å². The Labute approximate surface area is 153 Å². The van der Waals surface area contributed by atoms with Gasteiger partial charge in [-0.1, -0.05) is 66.7 Å². The van der Waals surface area contributed by atoms with E-state index in [1.54, 1.807) is 40.7 Å². The van der Waals surface area contributed by atoms with Crippen LogP contribution in [0.2, 0.25) is 0 Å². The van der Waals surface area contributed by atoms with E-state index in [-0.39, 0.29) is 6.04 Å². The van der Waals surface area contributed by atoms with Gasteiger partial charge < -0.3 is 0 Å². The van der Waals surface area contributed by atoms with Crippen molar-refractivity contribution in [3.05, 3.63) is 102 Å². The number of nitrogens with zero attached hydrogens (tertiary/aromatic N) is 2. The number of carbonyl (C=O) groups excluding carboxylic acids is 1. The summed E-state index contributed by atoms with van der Waals surface area (Å²) in [6.45, 7) is 0.614. The molecule has 1 fully saturated rings. The zero-order valence-corrected chi connectivity index (χ0v) is 14.9. The first-order chi connectivity index (χ1) is 12.7. The first kappa shape index (κ1) is 16.7. The summed E-state index contributed by atoms with van der Waals surface area (Å²) in [5.41, 5.74) is 1.52. The second kappa shape index (κ2) is 6.86. The third kappa shape index (κ3) is 3.19. The van der Waals surface area contributed by atoms with E-state index >= 15 is 0 Å². The zero-order chi connectivity index (χ0) is 18.0. The number of hydrogen-bond donors (Lipinski definition) is 0. The van der Waals surface area contributed by atoms with Gasteiger partial charge in [-0.25, -0.2) is 8.51 Å². The molecule has 3 aromatic carbocycles. The summed E-state index contributed by atoms with van der Waals surface area (Å²) in [6, 6.07) is 27.7. The lowest BCUT2D eigenvalue weighted by Gasteiger charge is -2.12. The normalized spacial score (nSPS) is 20.8. The van der Waals surface area contributed by atoms with Crippen LogP contribution in [0.1, 0.15) is 22.0 Å². The molecule has 1 saturated heterocycles. The second-order valence-electron chi connectivity index (χ2n) is 6.10. The fourth-order valence-electron chi connectivity index (χ4n) is 2.93. The SMILES string of the molecule is O=C(N=S(=O)(c1ccccc1)N1C[C@H]1c1ccccc1)c1ccccc1. The molecular weight excluding hydrogens is 344 g/mol. The maximum absolute atomic E-state index is 13.9. The lowest BCUT2D eigenvalue weighted by Crippen LogP contribution is -2.15. The minimum Gasteiger partial charge on any atom is -0.266 e. The van der Waals surface area contributed by atoms with Gasteiger partial charge >= 0.3 is 0 Å². The first-order valence-electron chi connectivity index (χ1n) is 8.42. The summed E-state index contributed by atoms with van der Waals surface area (Å²) in [4.78, 5) is 13.2. The predicted octanol–water partition coefficient (Wildman–Crippen LogP) is 4.33. The first-order valence-corrected chi connectivity index (χ1v) is 9.89. The molecule has 130 valence electrons. The van der Waals surface area contributed by atoms with Gasteiger partial charge in [0.15, 0.2) is 0 Å². The molecule has 1 aliphatic rings. The number of benzene rings is 3. The van der Waals surface area contributed by atoms with E-state index in [0.29, 0.717) is 17.0 Å². The highest BCUT2D eigenvalue weighted by atomic mass is 32.2. The standard InChI is InChI=1S/C21H18N2O2S/c24-21(18-12-6-2-7-13-18)22-26(25,19-14-8-3-9-15-19)23-16-20(23)17-10-4-1-5-11-17/h1-15,20H,16H2/t20-,23?,26?/m0/s1. The van der Waals surface area contributed by atoms with Gasteiger partial charge in [0.1, 0.15) is 9.92 Å². The highest BCUT2D eigenvalue weighted by Gasteiger charge is 2.44. The van der Waals surface area contributed by atoms with Crippen LogP contribution in [0.5, 0.6) is 0 Å². The van der Waals surface area contributed by atoms with E-state index in [9.17, 15) is 9.00 Å². The molecule has 0 spiro atoms. The van der Waals surface area contributed by atoms with Crippen LogP contribution in [0.3, 0.4) is 0 Å². The van der Waals surface area contributed by atoms with E-state index < -0.39 is 15.8 Å². The predicted molar refractivity (Wildman–Crippen MR) is 102 cm³/mol. The quantitative estimate of drug-likeness (QED) is 0.649. The Morgan fingerprint density at radius 1 is 0.846 bits per heavy atom. The molecule has 4 rings (SSSR count). The summed E-state index contributed by atoms with van der Waals surface area (Å²) in [7, 11) is -3.01. The molecule has 1 amide bonds. The Morgan fingerprint density at radius 2 is 1.38 bits per heavy atom. The topological polar surface area (TPSA) is 49.5 Å². The van der Waals surface area contributed by atoms with Crippen molar-refractivity contribution in [1.29, 1.82) is 0 Å². The highest BCUT2D eigenvalue weighted by molar-refractivity contribution is 7.92. The number of hydrogen-bond acceptors (Lipinski definition) is 2. The molecule has 0 N–H and O–H groups in total. The Balaban J connectivity index is 1.76. The Kier molecular flexibility index (Phi) is 4.41. The van der Waals surface area contributed by atoms with Gasteiger partial charge in [-0.3, -0.25) is 4.79 Å². The number of rotatable bonds is 4. The van der Waals surface area contributed by atoms with Crippen molar-refractivity contribution in [3.63, 3.8) is 0 Å². The van der Waals surface area contributed by atoms with Crippen molar-refractivity contribution >= 4 is 15.8 Å². The van der Waals surface area contributed by atoms with Crippen molar-refractivity contribution in [3.8, 4) is 0 Å². The minimum atomic E-state index is -3.01. The van der Waals surface area contributed by atoms with Gasteiger partial charge in [-0.15, -0.1) is 4.36 Å². The number of amides is 1. The van der Waals surface area contributed by atoms with E-state index in [2.05, 4.69) is 4.36 Å². The van der Waals surface area contributed by atoms with Crippen molar-refractivity contribution < 1.29 is 9.00 Å². The van der Waals surface area contributed by atoms with Gasteiger partial charge in [0, 0.05) is 12.1 Å². The molecule has 26 heavy (non-hydrogen) atoms. The lowest BCUT2D eigenvalue weighted by atomic mass is 10.2. The molecule has 0 aromatic heterocycles. The molecule has 0 saturated carbocycles. The fraction of sp³-hybridized carbons (Fsp3) is 0.0952. The van der Waals surface area contributed by atoms with Crippen LogP contribution in [0.4, 0.5) is 0 Å². The number of carbonyl (C=O) groups is 1. The van der Waals surface area contributed by atoms with Gasteiger partial charge in [0.2, 0.25) is 0 Å². The van der Waals surface area contributed by atoms with Crippen LogP contribution < -0.4 is 0 Å². The van der Waals surface area contributed by atoms with Gasteiger partial charge in [0.25, 0.3) is 5.91 Å². The molecule has 0 radical (unpaired) electrons. The maximum atomic E-state index is 13.9. The fourth-order valence-corrected chi connectivity index (χ4v) is 5.06. The lowest BCUT2D eigenvalue weighted by molar-refractivity contribution is 0.100. The summed E-state index contributed by atoms with van der Waals surface area (Å²) >= 11 is 0.